The summed E-state index contributed by atoms with van der Waals surface area (Å²) in [6.45, 7) is 0. The smallest absolute Gasteiger partial charge is 0.303 e. The average Bonchev–Trinajstić information content (AvgIpc) is 2.47. The summed E-state index contributed by atoms with van der Waals surface area (Å²) in [7, 11) is 0. The highest BCUT2D eigenvalue weighted by Gasteiger charge is 2.15. The van der Waals surface area contributed by atoms with E-state index >= 15 is 0 Å². The van der Waals surface area contributed by atoms with Crippen LogP contribution < -0.4 is 5.32 Å². The first-order valence-electron chi connectivity index (χ1n) is 4.09. The van der Waals surface area contributed by atoms with Crippen LogP contribution in [0, 0.1) is 5.41 Å². The van der Waals surface area contributed by atoms with Gasteiger partial charge in [0.15, 0.2) is 0 Å². The molecule has 1 rings (SSSR count). The molecule has 0 spiro atoms. The van der Waals surface area contributed by atoms with E-state index in [9.17, 15) is 14.4 Å². The summed E-state index contributed by atoms with van der Waals surface area (Å²) in [5.74, 6) is -1.14. The second-order valence-electron chi connectivity index (χ2n) is 2.61. The van der Waals surface area contributed by atoms with E-state index < -0.39 is 5.97 Å². The third-order valence-corrected chi connectivity index (χ3v) is 1.36. The predicted molar refractivity (Wildman–Crippen MR) is 48.0 cm³/mol. The Kier molecular flexibility index (Phi) is 5.93. The molecule has 1 heterocycles. The van der Waals surface area contributed by atoms with Crippen LogP contribution in [0.3, 0.4) is 0 Å². The Hall–Kier alpha value is -1.72. The molecular weight excluding hydrogens is 188 g/mol. The number of hydrogen-bond acceptors (Lipinski definition) is 4. The lowest BCUT2D eigenvalue weighted by Crippen LogP contribution is -2.18. The van der Waals surface area contributed by atoms with Gasteiger partial charge in [0.05, 0.1) is 6.42 Å². The number of nitrogens with one attached hydrogen (secondary N) is 2. The summed E-state index contributed by atoms with van der Waals surface area (Å²) in [5, 5.41) is 16.5. The second-order valence-corrected chi connectivity index (χ2v) is 2.61. The number of carboxylic acids is 1. The highest BCUT2D eigenvalue weighted by molar-refractivity contribution is 6.01. The normalized spacial score (nSPS) is 14.0. The summed E-state index contributed by atoms with van der Waals surface area (Å²) in [6.07, 6.45) is 2.25. The number of rotatable bonds is 3. The maximum Gasteiger partial charge on any atom is 0.303 e. The molecule has 2 amide bonds. The Labute approximate surface area is 80.8 Å². The molecule has 0 aromatic heterocycles. The average molecular weight is 200 g/mol. The fourth-order valence-corrected chi connectivity index (χ4v) is 0.703. The molecule has 0 bridgehead atoms. The van der Waals surface area contributed by atoms with E-state index in [1.807, 2.05) is 0 Å². The number of carboxylic acid groups (broad SMARTS) is 1. The zero-order valence-electron chi connectivity index (χ0n) is 7.58. The molecule has 0 atom stereocenters. The highest BCUT2D eigenvalue weighted by Crippen LogP contribution is 1.95. The first-order valence-corrected chi connectivity index (χ1v) is 4.09. The maximum absolute atomic E-state index is 10.1. The molecule has 78 valence electrons. The molecule has 0 aromatic carbocycles. The molecule has 1 saturated heterocycles. The van der Waals surface area contributed by atoms with E-state index in [4.69, 9.17) is 10.5 Å². The van der Waals surface area contributed by atoms with Crippen LogP contribution in [-0.2, 0) is 14.4 Å². The van der Waals surface area contributed by atoms with Crippen molar-refractivity contribution in [3.05, 3.63) is 0 Å². The van der Waals surface area contributed by atoms with Gasteiger partial charge in [-0.15, -0.1) is 0 Å². The van der Waals surface area contributed by atoms with Crippen molar-refractivity contribution >= 4 is 24.0 Å². The minimum atomic E-state index is -0.844. The van der Waals surface area contributed by atoms with Crippen molar-refractivity contribution in [2.45, 2.75) is 25.7 Å². The number of carbonyl (C=O) groups excluding carboxylic acids is 2. The van der Waals surface area contributed by atoms with Crippen molar-refractivity contribution in [2.24, 2.45) is 0 Å². The van der Waals surface area contributed by atoms with E-state index in [0.717, 1.165) is 6.21 Å². The third kappa shape index (κ3) is 6.96. The largest absolute Gasteiger partial charge is 0.481 e. The van der Waals surface area contributed by atoms with Gasteiger partial charge in [-0.2, -0.15) is 0 Å². The van der Waals surface area contributed by atoms with Crippen LogP contribution in [0.2, 0.25) is 0 Å². The number of imide groups is 1. The second kappa shape index (κ2) is 6.76. The molecule has 1 fully saturated rings. The summed E-state index contributed by atoms with van der Waals surface area (Å²) in [5.41, 5.74) is 0. The van der Waals surface area contributed by atoms with Gasteiger partial charge in [-0.1, -0.05) is 0 Å². The number of amides is 2. The molecule has 1 aliphatic heterocycles. The molecule has 0 aliphatic carbocycles. The lowest BCUT2D eigenvalue weighted by atomic mass is 10.3. The quantitative estimate of drug-likeness (QED) is 0.437. The van der Waals surface area contributed by atoms with E-state index in [-0.39, 0.29) is 18.2 Å². The van der Waals surface area contributed by atoms with Gasteiger partial charge < -0.3 is 10.5 Å². The zero-order chi connectivity index (χ0) is 11.0. The topological polar surface area (TPSA) is 107 Å². The van der Waals surface area contributed by atoms with Crippen LogP contribution >= 0.6 is 0 Å². The summed E-state index contributed by atoms with van der Waals surface area (Å²) < 4.78 is 0. The Morgan fingerprint density at radius 1 is 1.43 bits per heavy atom. The van der Waals surface area contributed by atoms with Gasteiger partial charge in [-0.05, 0) is 12.6 Å². The van der Waals surface area contributed by atoms with Crippen LogP contribution in [0.1, 0.15) is 25.7 Å². The number of carbonyl (C=O) groups is 3. The van der Waals surface area contributed by atoms with Gasteiger partial charge >= 0.3 is 5.97 Å². The Bertz CT molecular complexity index is 236. The molecule has 0 unspecified atom stereocenters. The summed E-state index contributed by atoms with van der Waals surface area (Å²) in [4.78, 5) is 29.9. The Morgan fingerprint density at radius 3 is 2.07 bits per heavy atom. The van der Waals surface area contributed by atoms with Crippen molar-refractivity contribution in [3.8, 4) is 0 Å². The van der Waals surface area contributed by atoms with E-state index in [0.29, 0.717) is 19.3 Å². The van der Waals surface area contributed by atoms with Gasteiger partial charge in [0.2, 0.25) is 11.8 Å². The van der Waals surface area contributed by atoms with Gasteiger partial charge in [-0.25, -0.2) is 0 Å². The van der Waals surface area contributed by atoms with Gasteiger partial charge in [0.25, 0.3) is 0 Å². The minimum Gasteiger partial charge on any atom is -0.481 e. The zero-order valence-corrected chi connectivity index (χ0v) is 7.58. The van der Waals surface area contributed by atoms with E-state index in [1.54, 1.807) is 0 Å². The first kappa shape index (κ1) is 12.3. The Morgan fingerprint density at radius 2 is 1.93 bits per heavy atom. The van der Waals surface area contributed by atoms with Crippen molar-refractivity contribution in [2.75, 3.05) is 0 Å². The molecule has 0 aromatic rings. The van der Waals surface area contributed by atoms with Crippen LogP contribution in [-0.4, -0.2) is 29.1 Å². The van der Waals surface area contributed by atoms with Crippen LogP contribution in [0.4, 0.5) is 0 Å². The van der Waals surface area contributed by atoms with Crippen LogP contribution in [0.25, 0.3) is 0 Å². The molecule has 6 nitrogen and oxygen atoms in total. The highest BCUT2D eigenvalue weighted by atomic mass is 16.4. The molecule has 3 N–H and O–H groups in total. The standard InChI is InChI=1S/C4H5NO2.C4H7NO2/c6-3-1-2-4(7)5-3;5-3-1-2-4(6)7/h1-2H2,(H,5,6,7);3,5H,1-2H2,(H,6,7). The molecular formula is C8H12N2O4. The van der Waals surface area contributed by atoms with Crippen LogP contribution in [0.15, 0.2) is 0 Å². The molecule has 0 radical (unpaired) electrons. The minimum absolute atomic E-state index is 0.0729. The van der Waals surface area contributed by atoms with Crippen LogP contribution in [0.5, 0.6) is 0 Å². The SMILES string of the molecule is N=CCCC(=O)O.O=C1CCC(=O)N1. The molecule has 6 heteroatoms. The van der Waals surface area contributed by atoms with Crippen molar-refractivity contribution in [1.29, 1.82) is 5.41 Å². The Balaban J connectivity index is 0.000000241. The summed E-state index contributed by atoms with van der Waals surface area (Å²) in [6, 6.07) is 0. The predicted octanol–water partition coefficient (Wildman–Crippen LogP) is -0.0762. The molecule has 1 aliphatic rings. The maximum atomic E-state index is 10.1. The fraction of sp³-hybridized carbons (Fsp3) is 0.500. The third-order valence-electron chi connectivity index (χ3n) is 1.36. The van der Waals surface area contributed by atoms with Gasteiger partial charge in [0.1, 0.15) is 0 Å². The first-order chi connectivity index (χ1) is 6.56. The van der Waals surface area contributed by atoms with Gasteiger partial charge in [-0.3, -0.25) is 19.7 Å². The number of hydrogen-bond donors (Lipinski definition) is 3. The monoisotopic (exact) mass is 200 g/mol. The van der Waals surface area contributed by atoms with E-state index in [1.165, 1.54) is 0 Å². The van der Waals surface area contributed by atoms with Crippen molar-refractivity contribution in [3.63, 3.8) is 0 Å². The molecule has 14 heavy (non-hydrogen) atoms. The van der Waals surface area contributed by atoms with Crippen molar-refractivity contribution < 1.29 is 19.5 Å². The number of aliphatic carboxylic acids is 1. The fourth-order valence-electron chi connectivity index (χ4n) is 0.703. The summed E-state index contributed by atoms with van der Waals surface area (Å²) >= 11 is 0. The van der Waals surface area contributed by atoms with Crippen molar-refractivity contribution in [1.82, 2.24) is 5.32 Å². The van der Waals surface area contributed by atoms with Gasteiger partial charge in [0, 0.05) is 12.8 Å². The van der Waals surface area contributed by atoms with E-state index in [2.05, 4.69) is 5.32 Å². The lowest BCUT2D eigenvalue weighted by molar-refractivity contribution is -0.136. The lowest BCUT2D eigenvalue weighted by Gasteiger charge is -1.81. The molecule has 0 saturated carbocycles.